The van der Waals surface area contributed by atoms with Crippen molar-refractivity contribution < 1.29 is 27.5 Å². The Bertz CT molecular complexity index is 1070. The molecule has 0 bridgehead atoms. The molecule has 29 heavy (non-hydrogen) atoms. The van der Waals surface area contributed by atoms with E-state index in [1.54, 1.807) is 11.6 Å². The number of ether oxygens (including phenoxy) is 1. The zero-order valence-corrected chi connectivity index (χ0v) is 15.3. The monoisotopic (exact) mass is 422 g/mol. The van der Waals surface area contributed by atoms with Gasteiger partial charge in [0.05, 0.1) is 5.69 Å². The number of aromatic nitrogens is 2. The third kappa shape index (κ3) is 5.45. The number of anilines is 1. The van der Waals surface area contributed by atoms with Gasteiger partial charge in [0.2, 0.25) is 5.91 Å². The lowest BCUT2D eigenvalue weighted by Crippen LogP contribution is -2.17. The van der Waals surface area contributed by atoms with Crippen LogP contribution in [-0.2, 0) is 4.79 Å². The summed E-state index contributed by atoms with van der Waals surface area (Å²) in [5, 5.41) is 4.46. The molecule has 1 aromatic carbocycles. The normalized spacial score (nSPS) is 11.6. The van der Waals surface area contributed by atoms with Gasteiger partial charge in [0, 0.05) is 28.8 Å². The van der Waals surface area contributed by atoms with Gasteiger partial charge in [-0.3, -0.25) is 14.9 Å². The second kappa shape index (κ2) is 8.19. The van der Waals surface area contributed by atoms with Crippen molar-refractivity contribution in [3.63, 3.8) is 0 Å². The first-order valence-corrected chi connectivity index (χ1v) is 8.87. The lowest BCUT2D eigenvalue weighted by atomic mass is 10.2. The molecule has 4 N–H and O–H groups in total. The molecule has 7 nitrogen and oxygen atoms in total. The highest BCUT2D eigenvalue weighted by atomic mass is 32.1. The van der Waals surface area contributed by atoms with Crippen molar-refractivity contribution in [2.75, 3.05) is 5.32 Å². The Morgan fingerprint density at radius 2 is 2.03 bits per heavy atom. The molecule has 0 saturated carbocycles. The highest BCUT2D eigenvalue weighted by Gasteiger charge is 2.31. The van der Waals surface area contributed by atoms with Gasteiger partial charge in [-0.25, -0.2) is 4.98 Å². The van der Waals surface area contributed by atoms with Gasteiger partial charge in [-0.05, 0) is 18.2 Å². The average Bonchev–Trinajstić information content (AvgIpc) is 3.29. The third-order valence-corrected chi connectivity index (χ3v) is 4.30. The first-order valence-electron chi connectivity index (χ1n) is 7.99. The summed E-state index contributed by atoms with van der Waals surface area (Å²) in [6.45, 7) is 0. The minimum absolute atomic E-state index is 0.0890. The maximum Gasteiger partial charge on any atom is 0.573 e. The van der Waals surface area contributed by atoms with Crippen LogP contribution in [0.2, 0.25) is 0 Å². The number of benzene rings is 1. The Kier molecular flexibility index (Phi) is 5.69. The summed E-state index contributed by atoms with van der Waals surface area (Å²) in [6, 6.07) is 6.97. The van der Waals surface area contributed by atoms with Gasteiger partial charge < -0.3 is 15.5 Å². The molecule has 0 unspecified atom stereocenters. The summed E-state index contributed by atoms with van der Waals surface area (Å²) in [7, 11) is 0. The molecule has 2 amide bonds. The van der Waals surface area contributed by atoms with Crippen molar-refractivity contribution in [2.45, 2.75) is 6.36 Å². The number of carbonyl (C=O) groups excluding carboxylic acids is 2. The Morgan fingerprint density at radius 1 is 1.28 bits per heavy atom. The molecule has 0 radical (unpaired) electrons. The molecule has 2 aromatic heterocycles. The summed E-state index contributed by atoms with van der Waals surface area (Å²) in [6.07, 6.45) is -1.01. The molecule has 0 aliphatic rings. The maximum atomic E-state index is 12.4. The number of halogens is 3. The van der Waals surface area contributed by atoms with Crippen LogP contribution in [0, 0.1) is 0 Å². The van der Waals surface area contributed by atoms with Crippen LogP contribution in [-0.4, -0.2) is 28.1 Å². The van der Waals surface area contributed by atoms with Crippen LogP contribution < -0.4 is 15.8 Å². The molecule has 0 aliphatic carbocycles. The van der Waals surface area contributed by atoms with Crippen molar-refractivity contribution in [1.82, 2.24) is 9.97 Å². The third-order valence-electron chi connectivity index (χ3n) is 3.54. The van der Waals surface area contributed by atoms with Crippen LogP contribution in [0.1, 0.15) is 16.1 Å². The second-order valence-corrected chi connectivity index (χ2v) is 6.47. The van der Waals surface area contributed by atoms with E-state index in [0.29, 0.717) is 11.3 Å². The number of nitrogens with one attached hydrogen (secondary N) is 2. The zero-order valence-electron chi connectivity index (χ0n) is 14.5. The van der Waals surface area contributed by atoms with Crippen LogP contribution in [0.25, 0.3) is 17.3 Å². The van der Waals surface area contributed by atoms with Gasteiger partial charge in [-0.15, -0.1) is 24.5 Å². The maximum absolute atomic E-state index is 12.4. The SMILES string of the molecule is NC(=O)c1cc(-c2csc(NC(=O)/C=C/c3ccccc3OC(F)(F)F)n2)c[nH]1. The predicted molar refractivity (Wildman–Crippen MR) is 101 cm³/mol. The van der Waals surface area contributed by atoms with E-state index in [0.717, 1.165) is 23.5 Å². The number of primary amides is 1. The Balaban J connectivity index is 1.67. The van der Waals surface area contributed by atoms with Crippen molar-refractivity contribution in [3.8, 4) is 17.0 Å². The van der Waals surface area contributed by atoms with E-state index in [9.17, 15) is 22.8 Å². The molecule has 150 valence electrons. The largest absolute Gasteiger partial charge is 0.573 e. The molecule has 0 spiro atoms. The molecule has 2 heterocycles. The zero-order chi connectivity index (χ0) is 21.0. The van der Waals surface area contributed by atoms with E-state index < -0.39 is 23.9 Å². The number of alkyl halides is 3. The molecule has 0 aliphatic heterocycles. The quantitative estimate of drug-likeness (QED) is 0.525. The lowest BCUT2D eigenvalue weighted by molar-refractivity contribution is -0.274. The van der Waals surface area contributed by atoms with Crippen molar-refractivity contribution in [1.29, 1.82) is 0 Å². The number of nitrogens with zero attached hydrogens (tertiary/aromatic N) is 1. The fraction of sp³-hybridized carbons (Fsp3) is 0.0556. The highest BCUT2D eigenvalue weighted by Crippen LogP contribution is 2.28. The first kappa shape index (κ1) is 20.1. The second-order valence-electron chi connectivity index (χ2n) is 5.61. The van der Waals surface area contributed by atoms with Crippen molar-refractivity contribution >= 4 is 34.4 Å². The van der Waals surface area contributed by atoms with E-state index in [4.69, 9.17) is 5.73 Å². The summed E-state index contributed by atoms with van der Waals surface area (Å²) in [4.78, 5) is 30.1. The van der Waals surface area contributed by atoms with Gasteiger partial charge in [0.1, 0.15) is 11.4 Å². The standard InChI is InChI=1S/C18H13F3N4O3S/c19-18(20,21)28-14-4-2-1-3-10(14)5-6-15(26)25-17-24-13(9-29-17)11-7-12(16(22)27)23-8-11/h1-9,23H,(H2,22,27)(H,24,25,26)/b6-5+. The minimum Gasteiger partial charge on any atom is -0.405 e. The Labute approximate surface area is 166 Å². The highest BCUT2D eigenvalue weighted by molar-refractivity contribution is 7.14. The van der Waals surface area contributed by atoms with Crippen LogP contribution in [0.15, 0.2) is 48.0 Å². The lowest BCUT2D eigenvalue weighted by Gasteiger charge is -2.10. The van der Waals surface area contributed by atoms with Crippen LogP contribution in [0.5, 0.6) is 5.75 Å². The molecule has 0 atom stereocenters. The smallest absolute Gasteiger partial charge is 0.405 e. The van der Waals surface area contributed by atoms with E-state index in [-0.39, 0.29) is 16.4 Å². The molecular formula is C18H13F3N4O3S. The van der Waals surface area contributed by atoms with E-state index in [1.807, 2.05) is 0 Å². The van der Waals surface area contributed by atoms with Crippen molar-refractivity contribution in [3.05, 3.63) is 59.2 Å². The number of amides is 2. The van der Waals surface area contributed by atoms with Crippen LogP contribution >= 0.6 is 11.3 Å². The fourth-order valence-corrected chi connectivity index (χ4v) is 3.02. The molecule has 3 rings (SSSR count). The van der Waals surface area contributed by atoms with Crippen molar-refractivity contribution in [2.24, 2.45) is 5.73 Å². The minimum atomic E-state index is -4.84. The summed E-state index contributed by atoms with van der Waals surface area (Å²) < 4.78 is 41.2. The molecule has 0 saturated heterocycles. The number of aromatic amines is 1. The number of rotatable bonds is 6. The summed E-state index contributed by atoms with van der Waals surface area (Å²) in [5.74, 6) is -1.61. The molecule has 11 heteroatoms. The summed E-state index contributed by atoms with van der Waals surface area (Å²) in [5.41, 5.74) is 6.62. The van der Waals surface area contributed by atoms with Crippen LogP contribution in [0.4, 0.5) is 18.3 Å². The number of H-pyrrole nitrogens is 1. The molecule has 3 aromatic rings. The number of carbonyl (C=O) groups is 2. The fourth-order valence-electron chi connectivity index (χ4n) is 2.30. The Hall–Kier alpha value is -3.60. The van der Waals surface area contributed by atoms with Gasteiger partial charge in [0.15, 0.2) is 5.13 Å². The number of thiazole rings is 1. The topological polar surface area (TPSA) is 110 Å². The van der Waals surface area contributed by atoms with Crippen LogP contribution in [0.3, 0.4) is 0 Å². The molecule has 0 fully saturated rings. The number of nitrogens with two attached hydrogens (primary N) is 1. The first-order chi connectivity index (χ1) is 13.7. The van der Waals surface area contributed by atoms with Gasteiger partial charge in [-0.1, -0.05) is 18.2 Å². The number of hydrogen-bond donors (Lipinski definition) is 3. The number of para-hydroxylation sites is 1. The van der Waals surface area contributed by atoms with E-state index in [2.05, 4.69) is 20.0 Å². The average molecular weight is 422 g/mol. The summed E-state index contributed by atoms with van der Waals surface area (Å²) >= 11 is 1.14. The number of hydrogen-bond acceptors (Lipinski definition) is 5. The predicted octanol–water partition coefficient (Wildman–Crippen LogP) is 3.79. The van der Waals surface area contributed by atoms with Gasteiger partial charge >= 0.3 is 6.36 Å². The molecular weight excluding hydrogens is 409 g/mol. The Morgan fingerprint density at radius 3 is 2.72 bits per heavy atom. The van der Waals surface area contributed by atoms with Gasteiger partial charge in [0.25, 0.3) is 5.91 Å². The van der Waals surface area contributed by atoms with Gasteiger partial charge in [-0.2, -0.15) is 0 Å². The van der Waals surface area contributed by atoms with E-state index >= 15 is 0 Å². The van der Waals surface area contributed by atoms with E-state index in [1.165, 1.54) is 30.3 Å².